The van der Waals surface area contributed by atoms with Crippen LogP contribution in [0.5, 0.6) is 0 Å². The van der Waals surface area contributed by atoms with Crippen molar-refractivity contribution in [2.45, 2.75) is 341 Å². The van der Waals surface area contributed by atoms with Gasteiger partial charge in [-0.2, -0.15) is 0 Å². The van der Waals surface area contributed by atoms with Gasteiger partial charge in [-0.3, -0.25) is 23.4 Å². The molecular formula is C66H123O11P. The second-order valence-electron chi connectivity index (χ2n) is 22.3. The number of aliphatic hydroxyl groups is 1. The van der Waals surface area contributed by atoms with Gasteiger partial charge in [0.2, 0.25) is 0 Å². The summed E-state index contributed by atoms with van der Waals surface area (Å²) in [5, 5.41) is 9.84. The Morgan fingerprint density at radius 3 is 1.03 bits per heavy atom. The van der Waals surface area contributed by atoms with Gasteiger partial charge >= 0.3 is 25.7 Å². The van der Waals surface area contributed by atoms with E-state index in [9.17, 15) is 28.9 Å². The Labute approximate surface area is 480 Å². The van der Waals surface area contributed by atoms with Crippen LogP contribution >= 0.6 is 7.82 Å². The minimum Gasteiger partial charge on any atom is -0.462 e. The van der Waals surface area contributed by atoms with Crippen LogP contribution in [0.3, 0.4) is 0 Å². The molecule has 458 valence electrons. The summed E-state index contributed by atoms with van der Waals surface area (Å²) in [5.74, 6) is -1.45. The second-order valence-corrected chi connectivity index (χ2v) is 23.7. The molecule has 0 amide bonds. The largest absolute Gasteiger partial charge is 0.472 e. The summed E-state index contributed by atoms with van der Waals surface area (Å²) >= 11 is 0. The number of carbonyl (C=O) groups is 3. The number of hydrogen-bond acceptors (Lipinski definition) is 10. The van der Waals surface area contributed by atoms with Crippen LogP contribution in [-0.4, -0.2) is 66.5 Å². The van der Waals surface area contributed by atoms with Gasteiger partial charge in [-0.05, 0) is 51.4 Å². The highest BCUT2D eigenvalue weighted by Crippen LogP contribution is 2.43. The summed E-state index contributed by atoms with van der Waals surface area (Å²) < 4.78 is 39.7. The first-order valence-electron chi connectivity index (χ1n) is 32.9. The van der Waals surface area contributed by atoms with E-state index in [1.54, 1.807) is 0 Å². The average molecular weight is 1120 g/mol. The zero-order chi connectivity index (χ0) is 56.9. The number of ether oxygens (including phenoxy) is 3. The summed E-state index contributed by atoms with van der Waals surface area (Å²) in [5.41, 5.74) is 0. The van der Waals surface area contributed by atoms with Gasteiger partial charge in [-0.25, -0.2) is 4.57 Å². The summed E-state index contributed by atoms with van der Waals surface area (Å²) in [7, 11) is -4.75. The smallest absolute Gasteiger partial charge is 0.462 e. The maximum Gasteiger partial charge on any atom is 0.472 e. The van der Waals surface area contributed by atoms with Crippen LogP contribution < -0.4 is 0 Å². The highest BCUT2D eigenvalue weighted by Gasteiger charge is 2.28. The van der Waals surface area contributed by atoms with Crippen molar-refractivity contribution < 1.29 is 52.2 Å². The van der Waals surface area contributed by atoms with E-state index in [1.807, 2.05) is 0 Å². The number of carbonyl (C=O) groups excluding carboxylic acids is 3. The molecule has 0 radical (unpaired) electrons. The third-order valence-electron chi connectivity index (χ3n) is 14.6. The first-order chi connectivity index (χ1) is 38.2. The molecule has 0 saturated heterocycles. The lowest BCUT2D eigenvalue weighted by Gasteiger charge is -2.21. The molecule has 78 heavy (non-hydrogen) atoms. The van der Waals surface area contributed by atoms with Crippen LogP contribution in [0.2, 0.25) is 0 Å². The normalized spacial score (nSPS) is 13.4. The van der Waals surface area contributed by atoms with Crippen LogP contribution in [0.1, 0.15) is 329 Å². The fourth-order valence-corrected chi connectivity index (χ4v) is 10.4. The van der Waals surface area contributed by atoms with Crippen molar-refractivity contribution in [3.8, 4) is 0 Å². The van der Waals surface area contributed by atoms with Gasteiger partial charge in [0.15, 0.2) is 6.10 Å². The Balaban J connectivity index is 4.66. The van der Waals surface area contributed by atoms with Gasteiger partial charge in [-0.15, -0.1) is 0 Å². The quantitative estimate of drug-likeness (QED) is 0.0197. The molecule has 0 bridgehead atoms. The Kier molecular flexibility index (Phi) is 59.0. The van der Waals surface area contributed by atoms with E-state index in [2.05, 4.69) is 57.2 Å². The molecule has 11 nitrogen and oxygen atoms in total. The SMILES string of the molecule is CC/C=C\C/C=C\C/C=C\CCCCCCCC(=O)OC(CO)COP(=O)(O)OCC(COC(=O)CCCCCCCCCCCCCCCCCCC)OC(=O)CCCCCCCCCCCCCCCCCCCCC. The van der Waals surface area contributed by atoms with Crippen molar-refractivity contribution in [3.63, 3.8) is 0 Å². The molecule has 0 rings (SSSR count). The summed E-state index contributed by atoms with van der Waals surface area (Å²) in [6.45, 7) is 4.60. The van der Waals surface area contributed by atoms with Gasteiger partial charge in [0, 0.05) is 19.3 Å². The lowest BCUT2D eigenvalue weighted by molar-refractivity contribution is -0.161. The molecule has 3 atom stereocenters. The number of aliphatic hydroxyl groups excluding tert-OH is 1. The van der Waals surface area contributed by atoms with Crippen molar-refractivity contribution in [1.82, 2.24) is 0 Å². The van der Waals surface area contributed by atoms with E-state index in [1.165, 1.54) is 180 Å². The van der Waals surface area contributed by atoms with Gasteiger partial charge in [0.05, 0.1) is 19.8 Å². The molecule has 0 aromatic heterocycles. The summed E-state index contributed by atoms with van der Waals surface area (Å²) in [6.07, 6.45) is 65.3. The van der Waals surface area contributed by atoms with E-state index >= 15 is 0 Å². The second kappa shape index (κ2) is 60.8. The maximum atomic E-state index is 13.0. The maximum absolute atomic E-state index is 13.0. The highest BCUT2D eigenvalue weighted by molar-refractivity contribution is 7.47. The zero-order valence-electron chi connectivity index (χ0n) is 50.9. The van der Waals surface area contributed by atoms with Crippen molar-refractivity contribution in [2.24, 2.45) is 0 Å². The molecule has 0 fully saturated rings. The molecule has 0 aliphatic carbocycles. The van der Waals surface area contributed by atoms with Crippen molar-refractivity contribution in [2.75, 3.05) is 26.4 Å². The van der Waals surface area contributed by atoms with Crippen LogP contribution in [-0.2, 0) is 42.2 Å². The average Bonchev–Trinajstić information content (AvgIpc) is 3.43. The summed E-state index contributed by atoms with van der Waals surface area (Å²) in [6, 6.07) is 0. The molecule has 0 aromatic carbocycles. The van der Waals surface area contributed by atoms with E-state index in [4.69, 9.17) is 23.3 Å². The molecule has 0 heterocycles. The van der Waals surface area contributed by atoms with Crippen molar-refractivity contribution >= 4 is 25.7 Å². The summed E-state index contributed by atoms with van der Waals surface area (Å²) in [4.78, 5) is 48.8. The number of unbranched alkanes of at least 4 members (excludes halogenated alkanes) is 39. The van der Waals surface area contributed by atoms with E-state index < -0.39 is 57.8 Å². The fourth-order valence-electron chi connectivity index (χ4n) is 9.61. The van der Waals surface area contributed by atoms with Crippen molar-refractivity contribution in [3.05, 3.63) is 36.5 Å². The third kappa shape index (κ3) is 58.4. The molecule has 0 aromatic rings. The Bertz CT molecular complexity index is 1450. The number of esters is 3. The molecular weight excluding hydrogens is 1000 g/mol. The van der Waals surface area contributed by atoms with E-state index in [0.29, 0.717) is 19.3 Å². The number of rotatable bonds is 62. The Hall–Kier alpha value is -2.30. The number of hydrogen-bond donors (Lipinski definition) is 2. The molecule has 2 N–H and O–H groups in total. The fraction of sp³-hybridized carbons (Fsp3) is 0.864. The molecule has 0 saturated carbocycles. The lowest BCUT2D eigenvalue weighted by atomic mass is 10.0. The number of phosphoric acid groups is 1. The van der Waals surface area contributed by atoms with E-state index in [0.717, 1.165) is 89.9 Å². The topological polar surface area (TPSA) is 155 Å². The zero-order valence-corrected chi connectivity index (χ0v) is 51.8. The van der Waals surface area contributed by atoms with Gasteiger partial charge in [0.1, 0.15) is 12.7 Å². The highest BCUT2D eigenvalue weighted by atomic mass is 31.2. The van der Waals surface area contributed by atoms with Crippen LogP contribution in [0, 0.1) is 0 Å². The third-order valence-corrected chi connectivity index (χ3v) is 15.5. The first kappa shape index (κ1) is 75.7. The number of phosphoric ester groups is 1. The van der Waals surface area contributed by atoms with Crippen molar-refractivity contribution in [1.29, 1.82) is 0 Å². The lowest BCUT2D eigenvalue weighted by Crippen LogP contribution is -2.30. The first-order valence-corrected chi connectivity index (χ1v) is 34.4. The molecule has 0 aliphatic heterocycles. The van der Waals surface area contributed by atoms with Gasteiger partial charge in [-0.1, -0.05) is 295 Å². The molecule has 3 unspecified atom stereocenters. The Morgan fingerprint density at radius 2 is 0.667 bits per heavy atom. The molecule has 0 spiro atoms. The van der Waals surface area contributed by atoms with E-state index in [-0.39, 0.29) is 25.9 Å². The predicted octanol–water partition coefficient (Wildman–Crippen LogP) is 19.9. The molecule has 12 heteroatoms. The van der Waals surface area contributed by atoms with Gasteiger partial charge < -0.3 is 24.2 Å². The standard InChI is InChI=1S/C66H123O11P/c1-4-7-10-13-16-19-22-25-28-30-31-33-36-39-42-45-48-51-54-57-66(70)77-63(59-73-64(68)55-52-49-46-43-40-37-35-32-29-26-23-20-17-14-11-8-5-2)61-75-78(71,72)74-60-62(58-67)76-65(69)56-53-50-47-44-41-38-34-27-24-21-18-15-12-9-6-3/h9,12,18,21,27,34,62-63,67H,4-8,10-11,13-17,19-20,22-26,28-33,35-61H2,1-3H3,(H,71,72)/b12-9-,21-18-,34-27-. The minimum atomic E-state index is -4.75. The predicted molar refractivity (Wildman–Crippen MR) is 326 cm³/mol. The minimum absolute atomic E-state index is 0.161. The van der Waals surface area contributed by atoms with Gasteiger partial charge in [0.25, 0.3) is 0 Å². The number of allylic oxidation sites excluding steroid dienone is 6. The van der Waals surface area contributed by atoms with Crippen LogP contribution in [0.25, 0.3) is 0 Å². The van der Waals surface area contributed by atoms with Crippen LogP contribution in [0.15, 0.2) is 36.5 Å². The molecule has 0 aliphatic rings. The van der Waals surface area contributed by atoms with Crippen LogP contribution in [0.4, 0.5) is 0 Å². The monoisotopic (exact) mass is 1120 g/mol. The Morgan fingerprint density at radius 1 is 0.372 bits per heavy atom.